The number of carbonyl (C=O) groups excluding carboxylic acids is 3. The van der Waals surface area contributed by atoms with Crippen LogP contribution in [0.25, 0.3) is 0 Å². The predicted octanol–water partition coefficient (Wildman–Crippen LogP) is 3.91. The summed E-state index contributed by atoms with van der Waals surface area (Å²) in [7, 11) is -4.52. The zero-order valence-electron chi connectivity index (χ0n) is 19.0. The zero-order chi connectivity index (χ0) is 26.5. The monoisotopic (exact) mass is 517 g/mol. The average molecular weight is 518 g/mol. The Kier molecular flexibility index (Phi) is 8.00. The van der Waals surface area contributed by atoms with Crippen LogP contribution in [0.15, 0.2) is 71.6 Å². The van der Waals surface area contributed by atoms with Crippen LogP contribution in [-0.2, 0) is 24.3 Å². The Morgan fingerprint density at radius 3 is 2.11 bits per heavy atom. The first-order chi connectivity index (χ1) is 17.0. The van der Waals surface area contributed by atoms with Crippen molar-refractivity contribution in [3.05, 3.63) is 83.9 Å². The number of rotatable bonds is 8. The van der Waals surface area contributed by atoms with Crippen molar-refractivity contribution in [3.8, 4) is 0 Å². The molecule has 188 valence electrons. The molecule has 12 heteroatoms. The van der Waals surface area contributed by atoms with Crippen molar-refractivity contribution in [1.82, 2.24) is 0 Å². The Hall–Kier alpha value is -4.32. The largest absolute Gasteiger partial charge is 0.449 e. The quantitative estimate of drug-likeness (QED) is 0.389. The van der Waals surface area contributed by atoms with E-state index in [4.69, 9.17) is 4.74 Å². The number of esters is 1. The molecular weight excluding hydrogens is 496 g/mol. The third-order valence-electron chi connectivity index (χ3n) is 4.70. The molecule has 3 rings (SSSR count). The fourth-order valence-electron chi connectivity index (χ4n) is 3.00. The number of hydrogen-bond donors (Lipinski definition) is 3. The molecule has 0 spiro atoms. The molecule has 3 aromatic rings. The van der Waals surface area contributed by atoms with E-state index in [1.165, 1.54) is 50.2 Å². The van der Waals surface area contributed by atoms with Gasteiger partial charge < -0.3 is 15.4 Å². The predicted molar refractivity (Wildman–Crippen MR) is 128 cm³/mol. The Bertz CT molecular complexity index is 1410. The van der Waals surface area contributed by atoms with Gasteiger partial charge in [0.15, 0.2) is 6.10 Å². The van der Waals surface area contributed by atoms with Crippen LogP contribution in [0, 0.1) is 11.6 Å². The maximum absolute atomic E-state index is 14.0. The topological polar surface area (TPSA) is 131 Å². The van der Waals surface area contributed by atoms with Crippen molar-refractivity contribution in [2.45, 2.75) is 24.8 Å². The van der Waals surface area contributed by atoms with Gasteiger partial charge >= 0.3 is 5.97 Å². The molecule has 3 N–H and O–H groups in total. The van der Waals surface area contributed by atoms with Crippen LogP contribution in [-0.4, -0.2) is 32.3 Å². The maximum atomic E-state index is 14.0. The number of carbonyl (C=O) groups is 3. The number of para-hydroxylation sites is 1. The highest BCUT2D eigenvalue weighted by Crippen LogP contribution is 2.23. The molecule has 0 aliphatic heterocycles. The van der Waals surface area contributed by atoms with Crippen molar-refractivity contribution in [2.24, 2.45) is 0 Å². The first kappa shape index (κ1) is 26.3. The van der Waals surface area contributed by atoms with Gasteiger partial charge in [-0.3, -0.25) is 14.3 Å². The van der Waals surface area contributed by atoms with Crippen LogP contribution >= 0.6 is 0 Å². The lowest BCUT2D eigenvalue weighted by molar-refractivity contribution is -0.123. The first-order valence-corrected chi connectivity index (χ1v) is 11.9. The minimum atomic E-state index is -4.52. The normalized spacial score (nSPS) is 11.8. The molecule has 0 aliphatic rings. The van der Waals surface area contributed by atoms with Crippen LogP contribution < -0.4 is 15.4 Å². The fraction of sp³-hybridized carbons (Fsp3) is 0.125. The van der Waals surface area contributed by atoms with Crippen LogP contribution in [0.1, 0.15) is 24.2 Å². The lowest BCUT2D eigenvalue weighted by Gasteiger charge is -2.16. The smallest absolute Gasteiger partial charge is 0.341 e. The molecule has 36 heavy (non-hydrogen) atoms. The first-order valence-electron chi connectivity index (χ1n) is 10.4. The number of nitrogens with one attached hydrogen (secondary N) is 3. The molecule has 0 aromatic heterocycles. The molecule has 2 amide bonds. The van der Waals surface area contributed by atoms with Crippen molar-refractivity contribution < 1.29 is 36.3 Å². The Balaban J connectivity index is 1.70. The molecule has 0 fully saturated rings. The van der Waals surface area contributed by atoms with Gasteiger partial charge in [-0.05, 0) is 55.5 Å². The van der Waals surface area contributed by atoms with Crippen molar-refractivity contribution in [1.29, 1.82) is 0 Å². The fourth-order valence-corrected chi connectivity index (χ4v) is 4.14. The summed E-state index contributed by atoms with van der Waals surface area (Å²) in [4.78, 5) is 35.4. The molecular formula is C24H21F2N3O6S. The van der Waals surface area contributed by atoms with Gasteiger partial charge in [0.1, 0.15) is 16.5 Å². The van der Waals surface area contributed by atoms with E-state index in [-0.39, 0.29) is 17.2 Å². The highest BCUT2D eigenvalue weighted by Gasteiger charge is 2.25. The van der Waals surface area contributed by atoms with E-state index in [0.717, 1.165) is 12.1 Å². The third kappa shape index (κ3) is 6.63. The number of anilines is 3. The van der Waals surface area contributed by atoms with Crippen LogP contribution in [0.4, 0.5) is 25.8 Å². The molecule has 1 atom stereocenters. The summed E-state index contributed by atoms with van der Waals surface area (Å²) in [5, 5.41) is 5.13. The lowest BCUT2D eigenvalue weighted by Crippen LogP contribution is -2.30. The second-order valence-electron chi connectivity index (χ2n) is 7.52. The summed E-state index contributed by atoms with van der Waals surface area (Å²) in [6.07, 6.45) is -1.27. The summed E-state index contributed by atoms with van der Waals surface area (Å²) in [5.41, 5.74) is 0.446. The molecule has 9 nitrogen and oxygen atoms in total. The van der Waals surface area contributed by atoms with E-state index in [1.54, 1.807) is 12.1 Å². The van der Waals surface area contributed by atoms with Crippen LogP contribution in [0.5, 0.6) is 0 Å². The molecule has 0 radical (unpaired) electrons. The van der Waals surface area contributed by atoms with Gasteiger partial charge in [0.05, 0.1) is 11.3 Å². The van der Waals surface area contributed by atoms with Gasteiger partial charge in [0.25, 0.3) is 15.9 Å². The van der Waals surface area contributed by atoms with Crippen LogP contribution in [0.3, 0.4) is 0 Å². The summed E-state index contributed by atoms with van der Waals surface area (Å²) in [6.45, 7) is 2.68. The lowest BCUT2D eigenvalue weighted by atomic mass is 10.2. The average Bonchev–Trinajstić information content (AvgIpc) is 2.79. The molecule has 0 heterocycles. The van der Waals surface area contributed by atoms with E-state index in [0.29, 0.717) is 17.4 Å². The number of halogens is 2. The number of ether oxygens (including phenoxy) is 1. The maximum Gasteiger partial charge on any atom is 0.341 e. The van der Waals surface area contributed by atoms with Crippen molar-refractivity contribution in [3.63, 3.8) is 0 Å². The second kappa shape index (κ2) is 11.0. The van der Waals surface area contributed by atoms with E-state index < -0.39 is 44.5 Å². The van der Waals surface area contributed by atoms with E-state index in [9.17, 15) is 31.6 Å². The van der Waals surface area contributed by atoms with Gasteiger partial charge in [-0.1, -0.05) is 12.1 Å². The highest BCUT2D eigenvalue weighted by molar-refractivity contribution is 7.92. The zero-order valence-corrected chi connectivity index (χ0v) is 19.9. The summed E-state index contributed by atoms with van der Waals surface area (Å²) in [5.74, 6) is -4.19. The molecule has 3 aromatic carbocycles. The second-order valence-corrected chi connectivity index (χ2v) is 9.17. The van der Waals surface area contributed by atoms with Gasteiger partial charge in [0.2, 0.25) is 5.91 Å². The van der Waals surface area contributed by atoms with Gasteiger partial charge in [-0.2, -0.15) is 0 Å². The Morgan fingerprint density at radius 1 is 0.889 bits per heavy atom. The van der Waals surface area contributed by atoms with E-state index in [1.807, 2.05) is 0 Å². The SMILES string of the molecule is CC(=O)Nc1ccc(NC(=O)[C@@H](C)OC(=O)c2ccccc2NS(=O)(=O)c2ccc(F)cc2F)cc1. The number of hydrogen-bond acceptors (Lipinski definition) is 6. The van der Waals surface area contributed by atoms with Gasteiger partial charge in [-0.15, -0.1) is 0 Å². The van der Waals surface area contributed by atoms with E-state index >= 15 is 0 Å². The summed E-state index contributed by atoms with van der Waals surface area (Å²) in [6, 6.07) is 13.5. The molecule has 0 unspecified atom stereocenters. The molecule has 0 bridgehead atoms. The Morgan fingerprint density at radius 2 is 1.50 bits per heavy atom. The number of sulfonamides is 1. The molecule has 0 saturated carbocycles. The van der Waals surface area contributed by atoms with Gasteiger partial charge in [-0.25, -0.2) is 22.0 Å². The minimum Gasteiger partial charge on any atom is -0.449 e. The highest BCUT2D eigenvalue weighted by atomic mass is 32.2. The molecule has 0 aliphatic carbocycles. The number of amides is 2. The Labute approximate surface area is 205 Å². The minimum absolute atomic E-state index is 0.229. The molecule has 0 saturated heterocycles. The number of benzene rings is 3. The standard InChI is InChI=1S/C24H21F2N3O6S/c1-14(23(31)28-18-10-8-17(9-11-18)27-15(2)30)35-24(32)19-5-3-4-6-21(19)29-36(33,34)22-12-7-16(25)13-20(22)26/h3-14,29H,1-2H3,(H,27,30)(H,28,31)/t14-/m1/s1. The van der Waals surface area contributed by atoms with Crippen molar-refractivity contribution >= 4 is 44.9 Å². The summed E-state index contributed by atoms with van der Waals surface area (Å²) < 4.78 is 59.7. The van der Waals surface area contributed by atoms with Crippen molar-refractivity contribution in [2.75, 3.05) is 15.4 Å². The van der Waals surface area contributed by atoms with E-state index in [2.05, 4.69) is 15.4 Å². The third-order valence-corrected chi connectivity index (χ3v) is 6.10. The summed E-state index contributed by atoms with van der Waals surface area (Å²) >= 11 is 0. The van der Waals surface area contributed by atoms with Gasteiger partial charge in [0, 0.05) is 24.4 Å². The van der Waals surface area contributed by atoms with Crippen LogP contribution in [0.2, 0.25) is 0 Å².